The van der Waals surface area contributed by atoms with Crippen LogP contribution in [-0.4, -0.2) is 16.8 Å². The van der Waals surface area contributed by atoms with Crippen molar-refractivity contribution in [3.05, 3.63) is 147 Å². The summed E-state index contributed by atoms with van der Waals surface area (Å²) in [6, 6.07) is 31.7. The minimum atomic E-state index is -4.69. The van der Waals surface area contributed by atoms with Crippen molar-refractivity contribution >= 4 is 75.3 Å². The van der Waals surface area contributed by atoms with Gasteiger partial charge in [0.15, 0.2) is 19.7 Å². The van der Waals surface area contributed by atoms with Crippen molar-refractivity contribution in [2.45, 2.75) is 26.6 Å². The van der Waals surface area contributed by atoms with E-state index < -0.39 is 39.0 Å². The minimum absolute atomic E-state index is 0.0483. The fourth-order valence-electron chi connectivity index (χ4n) is 4.40. The van der Waals surface area contributed by atoms with Crippen LogP contribution in [0.1, 0.15) is 16.7 Å². The Bertz CT molecular complexity index is 2010. The third-order valence-corrected chi connectivity index (χ3v) is 13.0. The maximum Gasteiger partial charge on any atom is 0.647 e. The minimum Gasteiger partial charge on any atom is -0.386 e. The molecule has 5 rings (SSSR count). The second-order valence-electron chi connectivity index (χ2n) is 10.1. The molecule has 0 saturated heterocycles. The maximum absolute atomic E-state index is 14.6. The molecule has 0 aliphatic heterocycles. The van der Waals surface area contributed by atoms with E-state index in [1.807, 2.05) is 0 Å². The molecule has 5 aromatic carbocycles. The molecule has 5 aromatic rings. The SMILES string of the molecule is O=P(Oc1ccccc1CBr)(Oc1ccccc1CS(=O)(=O)c1ccc(Br)cc1)Oc1ccccc1CS(=O)(=O)c1ccc(Br)cc1. The van der Waals surface area contributed by atoms with Crippen molar-refractivity contribution < 1.29 is 35.0 Å². The molecular formula is C33H26Br3O8PS2. The van der Waals surface area contributed by atoms with Gasteiger partial charge in [-0.15, -0.1) is 0 Å². The van der Waals surface area contributed by atoms with Crippen LogP contribution >= 0.6 is 55.6 Å². The maximum atomic E-state index is 14.6. The summed E-state index contributed by atoms with van der Waals surface area (Å²) >= 11 is 10.0. The molecule has 0 heterocycles. The summed E-state index contributed by atoms with van der Waals surface area (Å²) in [7, 11) is -12.4. The Balaban J connectivity index is 1.52. The number of hydrogen-bond acceptors (Lipinski definition) is 8. The van der Waals surface area contributed by atoms with Crippen LogP contribution in [0.5, 0.6) is 17.2 Å². The molecule has 0 fully saturated rings. The van der Waals surface area contributed by atoms with Gasteiger partial charge in [0.05, 0.1) is 21.3 Å². The van der Waals surface area contributed by atoms with Crippen molar-refractivity contribution in [2.75, 3.05) is 0 Å². The van der Waals surface area contributed by atoms with E-state index in [-0.39, 0.29) is 38.2 Å². The number of phosphoric acid groups is 1. The van der Waals surface area contributed by atoms with Crippen LogP contribution in [0, 0.1) is 0 Å². The van der Waals surface area contributed by atoms with Gasteiger partial charge in [-0.1, -0.05) is 102 Å². The molecule has 0 radical (unpaired) electrons. The average Bonchev–Trinajstić information content (AvgIpc) is 3.03. The highest BCUT2D eigenvalue weighted by Crippen LogP contribution is 2.52. The molecule has 0 aromatic heterocycles. The quantitative estimate of drug-likeness (QED) is 0.0849. The number of rotatable bonds is 13. The molecule has 0 spiro atoms. The smallest absolute Gasteiger partial charge is 0.386 e. The molecule has 244 valence electrons. The van der Waals surface area contributed by atoms with Gasteiger partial charge in [0, 0.05) is 31.0 Å². The van der Waals surface area contributed by atoms with Crippen LogP contribution in [-0.2, 0) is 41.1 Å². The van der Waals surface area contributed by atoms with Crippen molar-refractivity contribution in [3.63, 3.8) is 0 Å². The topological polar surface area (TPSA) is 113 Å². The molecule has 47 heavy (non-hydrogen) atoms. The summed E-state index contributed by atoms with van der Waals surface area (Å²) in [4.78, 5) is 0.191. The number of benzene rings is 5. The molecule has 0 aliphatic rings. The predicted molar refractivity (Wildman–Crippen MR) is 192 cm³/mol. The zero-order valence-corrected chi connectivity index (χ0v) is 31.6. The van der Waals surface area contributed by atoms with Gasteiger partial charge in [0.2, 0.25) is 0 Å². The normalized spacial score (nSPS) is 12.0. The fraction of sp³-hybridized carbons (Fsp3) is 0.0909. The van der Waals surface area contributed by atoms with Gasteiger partial charge >= 0.3 is 7.82 Å². The second kappa shape index (κ2) is 15.1. The first-order valence-electron chi connectivity index (χ1n) is 13.8. The summed E-state index contributed by atoms with van der Waals surface area (Å²) in [6.07, 6.45) is 0. The first-order chi connectivity index (χ1) is 22.4. The summed E-state index contributed by atoms with van der Waals surface area (Å²) in [5, 5.41) is 0.354. The van der Waals surface area contributed by atoms with Crippen molar-refractivity contribution in [1.82, 2.24) is 0 Å². The second-order valence-corrected chi connectivity index (χ2v) is 17.9. The molecule has 14 heteroatoms. The van der Waals surface area contributed by atoms with Gasteiger partial charge in [-0.25, -0.2) is 16.8 Å². The largest absolute Gasteiger partial charge is 0.647 e. The number of hydrogen-bond donors (Lipinski definition) is 0. The van der Waals surface area contributed by atoms with Gasteiger partial charge in [-0.05, 0) is 66.7 Å². The Morgan fingerprint density at radius 2 is 0.809 bits per heavy atom. The van der Waals surface area contributed by atoms with E-state index in [9.17, 15) is 21.4 Å². The Hall–Kier alpha value is -2.93. The van der Waals surface area contributed by atoms with E-state index in [4.69, 9.17) is 13.6 Å². The molecule has 0 saturated carbocycles. The number of alkyl halides is 1. The first kappa shape index (κ1) is 35.4. The van der Waals surface area contributed by atoms with E-state index >= 15 is 0 Å². The average molecular weight is 885 g/mol. The molecule has 0 amide bonds. The number of sulfone groups is 2. The Morgan fingerprint density at radius 1 is 0.489 bits per heavy atom. The summed E-state index contributed by atoms with van der Waals surface area (Å²) < 4.78 is 87.4. The number of phosphoric ester groups is 1. The summed E-state index contributed by atoms with van der Waals surface area (Å²) in [5.41, 5.74) is 1.06. The third kappa shape index (κ3) is 9.16. The Labute approximate surface area is 298 Å². The molecule has 0 unspecified atom stereocenters. The Morgan fingerprint density at radius 3 is 1.17 bits per heavy atom. The first-order valence-corrected chi connectivity index (χ1v) is 21.3. The van der Waals surface area contributed by atoms with Gasteiger partial charge in [-0.3, -0.25) is 0 Å². The highest BCUT2D eigenvalue weighted by Gasteiger charge is 2.36. The van der Waals surface area contributed by atoms with E-state index in [2.05, 4.69) is 47.8 Å². The Kier molecular flexibility index (Phi) is 11.4. The third-order valence-electron chi connectivity index (χ3n) is 6.73. The molecule has 0 atom stereocenters. The lowest BCUT2D eigenvalue weighted by Gasteiger charge is -2.23. The number of halogens is 3. The van der Waals surface area contributed by atoms with E-state index in [0.29, 0.717) is 10.9 Å². The lowest BCUT2D eigenvalue weighted by atomic mass is 10.2. The highest BCUT2D eigenvalue weighted by atomic mass is 79.9. The molecule has 0 N–H and O–H groups in total. The van der Waals surface area contributed by atoms with Crippen LogP contribution in [0.3, 0.4) is 0 Å². The van der Waals surface area contributed by atoms with Gasteiger partial charge in [0.1, 0.15) is 17.2 Å². The van der Waals surface area contributed by atoms with Crippen molar-refractivity contribution in [1.29, 1.82) is 0 Å². The van der Waals surface area contributed by atoms with E-state index in [1.54, 1.807) is 84.9 Å². The van der Waals surface area contributed by atoms with Crippen LogP contribution < -0.4 is 13.6 Å². The lowest BCUT2D eigenvalue weighted by molar-refractivity contribution is 0.296. The zero-order valence-electron chi connectivity index (χ0n) is 24.3. The fourth-order valence-corrected chi connectivity index (χ4v) is 9.50. The van der Waals surface area contributed by atoms with Crippen LogP contribution in [0.25, 0.3) is 0 Å². The molecule has 8 nitrogen and oxygen atoms in total. The zero-order chi connectivity index (χ0) is 33.7. The van der Waals surface area contributed by atoms with Gasteiger partial charge in [0.25, 0.3) is 0 Å². The van der Waals surface area contributed by atoms with Gasteiger partial charge < -0.3 is 13.6 Å². The van der Waals surface area contributed by atoms with E-state index in [1.165, 1.54) is 36.4 Å². The van der Waals surface area contributed by atoms with Crippen LogP contribution in [0.15, 0.2) is 140 Å². The standard InChI is InChI=1S/C33H26Br3O8PS2/c34-21-24-7-1-4-10-31(24)42-45(37,43-32-11-5-2-8-25(32)22-46(38,39)29-17-13-27(35)14-18-29)44-33-12-6-3-9-26(33)23-47(40,41)30-19-15-28(36)16-20-30/h1-20H,21-23H2. The van der Waals surface area contributed by atoms with E-state index in [0.717, 1.165) is 8.95 Å². The van der Waals surface area contributed by atoms with Gasteiger partial charge in [-0.2, -0.15) is 4.57 Å². The van der Waals surface area contributed by atoms with Crippen molar-refractivity contribution in [3.8, 4) is 17.2 Å². The lowest BCUT2D eigenvalue weighted by Crippen LogP contribution is -2.12. The van der Waals surface area contributed by atoms with Crippen LogP contribution in [0.2, 0.25) is 0 Å². The van der Waals surface area contributed by atoms with Crippen molar-refractivity contribution in [2.24, 2.45) is 0 Å². The number of para-hydroxylation sites is 3. The van der Waals surface area contributed by atoms with Crippen LogP contribution in [0.4, 0.5) is 0 Å². The molecule has 0 aliphatic carbocycles. The summed E-state index contributed by atoms with van der Waals surface area (Å²) in [6.45, 7) is 0. The summed E-state index contributed by atoms with van der Waals surface area (Å²) in [5.74, 6) is -0.844. The molecule has 0 bridgehead atoms. The molecular weight excluding hydrogens is 859 g/mol. The monoisotopic (exact) mass is 882 g/mol. The predicted octanol–water partition coefficient (Wildman–Crippen LogP) is 9.70. The highest BCUT2D eigenvalue weighted by molar-refractivity contribution is 9.10.